The van der Waals surface area contributed by atoms with E-state index in [0.29, 0.717) is 13.1 Å². The Balaban J connectivity index is 1.51. The molecule has 1 unspecified atom stereocenters. The third-order valence-electron chi connectivity index (χ3n) is 6.59. The van der Waals surface area contributed by atoms with E-state index in [2.05, 4.69) is 0 Å². The first-order valence-corrected chi connectivity index (χ1v) is 11.3. The zero-order valence-corrected chi connectivity index (χ0v) is 18.6. The monoisotopic (exact) mass is 472 g/mol. The number of benzene rings is 1. The van der Waals surface area contributed by atoms with Crippen LogP contribution >= 0.6 is 0 Å². The molecule has 0 aromatic heterocycles. The quantitative estimate of drug-likeness (QED) is 0.444. The van der Waals surface area contributed by atoms with Gasteiger partial charge in [-0.05, 0) is 24.0 Å². The van der Waals surface area contributed by atoms with E-state index in [0.717, 1.165) is 28.9 Å². The molecule has 11 heteroatoms. The zero-order valence-electron chi connectivity index (χ0n) is 18.6. The summed E-state index contributed by atoms with van der Waals surface area (Å²) in [5.41, 5.74) is 3.42. The van der Waals surface area contributed by atoms with Gasteiger partial charge in [0, 0.05) is 32.6 Å². The average molecular weight is 472 g/mol. The molecule has 11 nitrogen and oxygen atoms in total. The van der Waals surface area contributed by atoms with Gasteiger partial charge in [0.15, 0.2) is 0 Å². The van der Waals surface area contributed by atoms with E-state index in [-0.39, 0.29) is 26.1 Å². The van der Waals surface area contributed by atoms with Crippen LogP contribution in [0.15, 0.2) is 36.4 Å². The highest BCUT2D eigenvalue weighted by Crippen LogP contribution is 2.30. The molecular formula is C23H28N4O7. The molecule has 2 fully saturated rings. The number of carbonyl (C=O) groups excluding carboxylic acids is 3. The third kappa shape index (κ3) is 4.84. The molecule has 0 saturated carbocycles. The van der Waals surface area contributed by atoms with Crippen LogP contribution in [0.4, 0.5) is 9.59 Å². The summed E-state index contributed by atoms with van der Waals surface area (Å²) in [6.45, 7) is 1.41. The SMILES string of the molecule is O=C(NO)[C@H]1CC(OC(=O)N2CCCC2)CN(C(=O)O)[C@@H]1C(=O)N1CC=C(c2ccccc2)C1. The van der Waals surface area contributed by atoms with Crippen molar-refractivity contribution in [2.75, 3.05) is 32.7 Å². The standard InChI is InChI=1S/C23H28N4O7/c28-20(24-33)18-12-17(34-23(32)25-9-4-5-10-25)14-27(22(30)31)19(18)21(29)26-11-8-16(13-26)15-6-2-1-3-7-15/h1-3,6-8,17-19,33H,4-5,9-14H2,(H,24,28)(H,30,31)/t17?,18-,19-/m0/s1. The van der Waals surface area contributed by atoms with Crippen LogP contribution in [0.25, 0.3) is 5.57 Å². The summed E-state index contributed by atoms with van der Waals surface area (Å²) in [5, 5.41) is 19.2. The van der Waals surface area contributed by atoms with Crippen LogP contribution in [0.2, 0.25) is 0 Å². The van der Waals surface area contributed by atoms with Crippen LogP contribution in [0.1, 0.15) is 24.8 Å². The number of hydrogen-bond donors (Lipinski definition) is 3. The average Bonchev–Trinajstić information content (AvgIpc) is 3.56. The molecule has 0 bridgehead atoms. The van der Waals surface area contributed by atoms with Crippen LogP contribution in [-0.2, 0) is 14.3 Å². The largest absolute Gasteiger partial charge is 0.465 e. The topological polar surface area (TPSA) is 140 Å². The Morgan fingerprint density at radius 1 is 1.03 bits per heavy atom. The number of ether oxygens (including phenoxy) is 1. The first-order valence-electron chi connectivity index (χ1n) is 11.3. The van der Waals surface area contributed by atoms with Gasteiger partial charge in [-0.1, -0.05) is 36.4 Å². The van der Waals surface area contributed by atoms with Gasteiger partial charge in [0.25, 0.3) is 0 Å². The number of carbonyl (C=O) groups is 4. The highest BCUT2D eigenvalue weighted by molar-refractivity contribution is 5.94. The number of carboxylic acid groups (broad SMARTS) is 1. The summed E-state index contributed by atoms with van der Waals surface area (Å²) in [4.78, 5) is 54.4. The summed E-state index contributed by atoms with van der Waals surface area (Å²) < 4.78 is 5.49. The number of likely N-dealkylation sites (tertiary alicyclic amines) is 2. The summed E-state index contributed by atoms with van der Waals surface area (Å²) >= 11 is 0. The fourth-order valence-corrected chi connectivity index (χ4v) is 4.85. The maximum atomic E-state index is 13.5. The van der Waals surface area contributed by atoms with Crippen molar-refractivity contribution in [1.82, 2.24) is 20.2 Å². The molecule has 1 aromatic rings. The van der Waals surface area contributed by atoms with E-state index >= 15 is 0 Å². The summed E-state index contributed by atoms with van der Waals surface area (Å²) in [6.07, 6.45) is 0.627. The van der Waals surface area contributed by atoms with Gasteiger partial charge in [0.2, 0.25) is 11.8 Å². The Morgan fingerprint density at radius 3 is 2.38 bits per heavy atom. The van der Waals surface area contributed by atoms with Gasteiger partial charge in [-0.25, -0.2) is 15.1 Å². The Morgan fingerprint density at radius 2 is 1.74 bits per heavy atom. The van der Waals surface area contributed by atoms with Crippen molar-refractivity contribution < 1.29 is 34.2 Å². The fraction of sp³-hybridized carbons (Fsp3) is 0.478. The van der Waals surface area contributed by atoms with Crippen molar-refractivity contribution in [3.63, 3.8) is 0 Å². The van der Waals surface area contributed by atoms with Gasteiger partial charge in [-0.2, -0.15) is 0 Å². The number of rotatable bonds is 4. The van der Waals surface area contributed by atoms with E-state index in [1.54, 1.807) is 5.48 Å². The van der Waals surface area contributed by atoms with Crippen molar-refractivity contribution in [3.05, 3.63) is 42.0 Å². The Bertz CT molecular complexity index is 977. The zero-order chi connectivity index (χ0) is 24.2. The Labute approximate surface area is 196 Å². The van der Waals surface area contributed by atoms with E-state index in [1.165, 1.54) is 9.80 Å². The predicted octanol–water partition coefficient (Wildman–Crippen LogP) is 1.39. The highest BCUT2D eigenvalue weighted by Gasteiger charge is 2.49. The van der Waals surface area contributed by atoms with Crippen LogP contribution in [0.3, 0.4) is 0 Å². The summed E-state index contributed by atoms with van der Waals surface area (Å²) in [5.74, 6) is -2.66. The number of amides is 4. The lowest BCUT2D eigenvalue weighted by Crippen LogP contribution is -2.62. The highest BCUT2D eigenvalue weighted by atomic mass is 16.6. The number of piperidine rings is 1. The van der Waals surface area contributed by atoms with Crippen molar-refractivity contribution in [2.24, 2.45) is 5.92 Å². The lowest BCUT2D eigenvalue weighted by molar-refractivity contribution is -0.150. The minimum atomic E-state index is -1.41. The molecule has 3 aliphatic heterocycles. The minimum Gasteiger partial charge on any atom is -0.465 e. The molecule has 3 atom stereocenters. The second-order valence-corrected chi connectivity index (χ2v) is 8.71. The van der Waals surface area contributed by atoms with Crippen LogP contribution in [0.5, 0.6) is 0 Å². The number of nitrogens with zero attached hydrogens (tertiary/aromatic N) is 3. The van der Waals surface area contributed by atoms with E-state index in [4.69, 9.17) is 4.74 Å². The fourth-order valence-electron chi connectivity index (χ4n) is 4.85. The minimum absolute atomic E-state index is 0.0844. The van der Waals surface area contributed by atoms with Gasteiger partial charge in [-0.3, -0.25) is 19.7 Å². The summed E-state index contributed by atoms with van der Waals surface area (Å²) in [7, 11) is 0. The lowest BCUT2D eigenvalue weighted by atomic mass is 9.86. The molecule has 182 valence electrons. The lowest BCUT2D eigenvalue weighted by Gasteiger charge is -2.42. The second-order valence-electron chi connectivity index (χ2n) is 8.71. The van der Waals surface area contributed by atoms with Gasteiger partial charge in [0.1, 0.15) is 12.1 Å². The normalized spacial score (nSPS) is 24.6. The number of hydroxylamine groups is 1. The summed E-state index contributed by atoms with van der Waals surface area (Å²) in [6, 6.07) is 8.16. The van der Waals surface area contributed by atoms with Gasteiger partial charge < -0.3 is 19.6 Å². The van der Waals surface area contributed by atoms with Gasteiger partial charge >= 0.3 is 12.2 Å². The van der Waals surface area contributed by atoms with Gasteiger partial charge in [0.05, 0.1) is 12.5 Å². The van der Waals surface area contributed by atoms with Crippen LogP contribution in [0, 0.1) is 5.92 Å². The van der Waals surface area contributed by atoms with Crippen molar-refractivity contribution in [2.45, 2.75) is 31.4 Å². The van der Waals surface area contributed by atoms with Crippen molar-refractivity contribution in [1.29, 1.82) is 0 Å². The van der Waals surface area contributed by atoms with Crippen LogP contribution < -0.4 is 5.48 Å². The maximum absolute atomic E-state index is 13.5. The number of nitrogens with one attached hydrogen (secondary N) is 1. The first kappa shape index (κ1) is 23.6. The van der Waals surface area contributed by atoms with Gasteiger partial charge in [-0.15, -0.1) is 0 Å². The maximum Gasteiger partial charge on any atom is 0.410 e. The van der Waals surface area contributed by atoms with Crippen LogP contribution in [-0.4, -0.2) is 93.9 Å². The van der Waals surface area contributed by atoms with E-state index in [1.807, 2.05) is 36.4 Å². The predicted molar refractivity (Wildman–Crippen MR) is 119 cm³/mol. The van der Waals surface area contributed by atoms with Crippen molar-refractivity contribution in [3.8, 4) is 0 Å². The molecule has 4 rings (SSSR count). The molecule has 0 aliphatic carbocycles. The molecule has 2 saturated heterocycles. The third-order valence-corrected chi connectivity index (χ3v) is 6.59. The second kappa shape index (κ2) is 10.1. The molecule has 3 aliphatic rings. The Hall–Kier alpha value is -3.60. The smallest absolute Gasteiger partial charge is 0.410 e. The van der Waals surface area contributed by atoms with Crippen molar-refractivity contribution >= 4 is 29.6 Å². The molecule has 3 heterocycles. The Kier molecular flexibility index (Phi) is 7.01. The molecule has 34 heavy (non-hydrogen) atoms. The number of hydrogen-bond acceptors (Lipinski definition) is 6. The molecule has 3 N–H and O–H groups in total. The molecule has 4 amide bonds. The molecule has 0 spiro atoms. The molecule has 0 radical (unpaired) electrons. The molecule has 1 aromatic carbocycles. The van der Waals surface area contributed by atoms with E-state index in [9.17, 15) is 29.5 Å². The first-order chi connectivity index (χ1) is 16.4. The van der Waals surface area contributed by atoms with E-state index < -0.39 is 42.1 Å². The molecular weight excluding hydrogens is 444 g/mol.